The summed E-state index contributed by atoms with van der Waals surface area (Å²) in [5.41, 5.74) is 10.4. The van der Waals surface area contributed by atoms with E-state index in [-0.39, 0.29) is 6.42 Å². The van der Waals surface area contributed by atoms with Gasteiger partial charge in [0.15, 0.2) is 0 Å². The van der Waals surface area contributed by atoms with Crippen LogP contribution < -0.4 is 16.2 Å². The van der Waals surface area contributed by atoms with Crippen molar-refractivity contribution in [3.8, 4) is 5.75 Å². The van der Waals surface area contributed by atoms with Crippen molar-refractivity contribution in [2.75, 3.05) is 0 Å². The van der Waals surface area contributed by atoms with Gasteiger partial charge in [-0.2, -0.15) is 0 Å². The van der Waals surface area contributed by atoms with Crippen LogP contribution in [0, 0.1) is 5.92 Å². The number of nitrogens with two attached hydrogens (primary N) is 2. The summed E-state index contributed by atoms with van der Waals surface area (Å²) < 4.78 is 39.4. The summed E-state index contributed by atoms with van der Waals surface area (Å²) in [4.78, 5) is 21.9. The first-order valence-electron chi connectivity index (χ1n) is 5.12. The molecule has 0 aliphatic carbocycles. The van der Waals surface area contributed by atoms with Gasteiger partial charge in [-0.1, -0.05) is 12.1 Å². The monoisotopic (exact) mass is 276 g/mol. The molecule has 0 spiro atoms. The second kappa shape index (κ2) is 5.59. The van der Waals surface area contributed by atoms with Crippen molar-refractivity contribution in [3.05, 3.63) is 29.8 Å². The van der Waals surface area contributed by atoms with Crippen molar-refractivity contribution in [2.45, 2.75) is 12.8 Å². The third kappa shape index (κ3) is 4.86. The number of carbonyl (C=O) groups is 2. The Bertz CT molecular complexity index is 457. The van der Waals surface area contributed by atoms with E-state index in [9.17, 15) is 22.8 Å². The van der Waals surface area contributed by atoms with Gasteiger partial charge in [0, 0.05) is 0 Å². The zero-order valence-corrected chi connectivity index (χ0v) is 9.61. The van der Waals surface area contributed by atoms with Gasteiger partial charge < -0.3 is 16.2 Å². The lowest BCUT2D eigenvalue weighted by molar-refractivity contribution is -0.274. The molecule has 0 radical (unpaired) electrons. The van der Waals surface area contributed by atoms with E-state index in [0.717, 1.165) is 12.1 Å². The molecule has 0 aliphatic heterocycles. The molecular formula is C11H11F3N2O3. The zero-order valence-electron chi connectivity index (χ0n) is 9.61. The summed E-state index contributed by atoms with van der Waals surface area (Å²) in [6.07, 6.45) is -4.85. The van der Waals surface area contributed by atoms with Gasteiger partial charge in [0.05, 0.1) is 0 Å². The fraction of sp³-hybridized carbons (Fsp3) is 0.273. The van der Waals surface area contributed by atoms with Crippen molar-refractivity contribution >= 4 is 11.8 Å². The first-order chi connectivity index (χ1) is 8.69. The van der Waals surface area contributed by atoms with Crippen LogP contribution in [0.1, 0.15) is 5.56 Å². The molecule has 0 atom stereocenters. The number of halogens is 3. The van der Waals surface area contributed by atoms with Crippen LogP contribution in [0.4, 0.5) is 13.2 Å². The molecule has 104 valence electrons. The molecule has 19 heavy (non-hydrogen) atoms. The zero-order chi connectivity index (χ0) is 14.6. The lowest BCUT2D eigenvalue weighted by Crippen LogP contribution is -2.36. The molecule has 1 aromatic rings. The second-order valence-electron chi connectivity index (χ2n) is 3.75. The Morgan fingerprint density at radius 3 is 1.95 bits per heavy atom. The Balaban J connectivity index is 2.76. The maximum absolute atomic E-state index is 11.9. The predicted octanol–water partition coefficient (Wildman–Crippen LogP) is 0.714. The molecule has 8 heteroatoms. The largest absolute Gasteiger partial charge is 0.573 e. The number of carbonyl (C=O) groups excluding carboxylic acids is 2. The van der Waals surface area contributed by atoms with Crippen molar-refractivity contribution in [3.63, 3.8) is 0 Å². The quantitative estimate of drug-likeness (QED) is 0.775. The van der Waals surface area contributed by atoms with Crippen molar-refractivity contribution in [2.24, 2.45) is 17.4 Å². The first-order valence-corrected chi connectivity index (χ1v) is 5.12. The molecule has 1 rings (SSSR count). The molecule has 0 aliphatic rings. The van der Waals surface area contributed by atoms with Crippen molar-refractivity contribution < 1.29 is 27.5 Å². The summed E-state index contributed by atoms with van der Waals surface area (Å²) >= 11 is 0. The number of hydrogen-bond acceptors (Lipinski definition) is 3. The van der Waals surface area contributed by atoms with E-state index in [1.165, 1.54) is 12.1 Å². The lowest BCUT2D eigenvalue weighted by Gasteiger charge is -2.11. The van der Waals surface area contributed by atoms with Gasteiger partial charge in [-0.15, -0.1) is 13.2 Å². The Morgan fingerprint density at radius 2 is 1.58 bits per heavy atom. The molecule has 0 heterocycles. The van der Waals surface area contributed by atoms with Gasteiger partial charge in [0.25, 0.3) is 0 Å². The van der Waals surface area contributed by atoms with Gasteiger partial charge >= 0.3 is 6.36 Å². The summed E-state index contributed by atoms with van der Waals surface area (Å²) in [6, 6.07) is 4.73. The van der Waals surface area contributed by atoms with Gasteiger partial charge in [-0.3, -0.25) is 9.59 Å². The number of primary amides is 2. The molecule has 0 saturated carbocycles. The first kappa shape index (κ1) is 14.8. The third-order valence-corrected chi connectivity index (χ3v) is 2.28. The van der Waals surface area contributed by atoms with Gasteiger partial charge in [0.2, 0.25) is 11.8 Å². The van der Waals surface area contributed by atoms with Gasteiger partial charge in [0.1, 0.15) is 11.7 Å². The summed E-state index contributed by atoms with van der Waals surface area (Å²) in [6.45, 7) is 0. The van der Waals surface area contributed by atoms with E-state index in [0.29, 0.717) is 5.56 Å². The van der Waals surface area contributed by atoms with E-state index >= 15 is 0 Å². The molecule has 0 unspecified atom stereocenters. The van der Waals surface area contributed by atoms with E-state index in [2.05, 4.69) is 4.74 Å². The maximum atomic E-state index is 11.9. The highest BCUT2D eigenvalue weighted by molar-refractivity contribution is 5.99. The third-order valence-electron chi connectivity index (χ3n) is 2.28. The van der Waals surface area contributed by atoms with Crippen LogP contribution >= 0.6 is 0 Å². The molecule has 0 fully saturated rings. The Morgan fingerprint density at radius 1 is 1.11 bits per heavy atom. The van der Waals surface area contributed by atoms with Crippen molar-refractivity contribution in [1.29, 1.82) is 0 Å². The van der Waals surface area contributed by atoms with Crippen LogP contribution in [-0.2, 0) is 16.0 Å². The fourth-order valence-electron chi connectivity index (χ4n) is 1.40. The average molecular weight is 276 g/mol. The normalized spacial score (nSPS) is 11.4. The van der Waals surface area contributed by atoms with Crippen LogP contribution in [0.3, 0.4) is 0 Å². The summed E-state index contributed by atoms with van der Waals surface area (Å²) in [5.74, 6) is -3.37. The van der Waals surface area contributed by atoms with Gasteiger partial charge in [-0.25, -0.2) is 0 Å². The van der Waals surface area contributed by atoms with Gasteiger partial charge in [-0.05, 0) is 24.1 Å². The smallest absolute Gasteiger partial charge is 0.406 e. The summed E-state index contributed by atoms with van der Waals surface area (Å²) in [5, 5.41) is 0. The molecule has 0 bridgehead atoms. The minimum atomic E-state index is -4.77. The molecule has 0 saturated heterocycles. The number of ether oxygens (including phenoxy) is 1. The number of benzene rings is 1. The van der Waals surface area contributed by atoms with Crippen LogP contribution in [-0.4, -0.2) is 18.2 Å². The minimum absolute atomic E-state index is 0.0725. The lowest BCUT2D eigenvalue weighted by atomic mass is 9.98. The van der Waals surface area contributed by atoms with E-state index < -0.39 is 29.8 Å². The fourth-order valence-corrected chi connectivity index (χ4v) is 1.40. The molecule has 0 aromatic heterocycles. The van der Waals surface area contributed by atoms with E-state index in [4.69, 9.17) is 11.5 Å². The topological polar surface area (TPSA) is 95.4 Å². The average Bonchev–Trinajstić information content (AvgIpc) is 2.25. The highest BCUT2D eigenvalue weighted by atomic mass is 19.4. The second-order valence-corrected chi connectivity index (χ2v) is 3.75. The number of amides is 2. The Hall–Kier alpha value is -2.25. The van der Waals surface area contributed by atoms with Crippen LogP contribution in [0.25, 0.3) is 0 Å². The standard InChI is InChI=1S/C11H11F3N2O3/c12-11(13,14)19-7-3-1-6(2-4-7)5-8(9(15)17)10(16)18/h1-4,8H,5H2,(H2,15,17)(H2,16,18). The van der Waals surface area contributed by atoms with E-state index in [1.807, 2.05) is 0 Å². The maximum Gasteiger partial charge on any atom is 0.573 e. The highest BCUT2D eigenvalue weighted by Gasteiger charge is 2.31. The number of rotatable bonds is 5. The molecule has 5 nitrogen and oxygen atoms in total. The Kier molecular flexibility index (Phi) is 4.36. The van der Waals surface area contributed by atoms with Crippen molar-refractivity contribution in [1.82, 2.24) is 0 Å². The molecular weight excluding hydrogens is 265 g/mol. The Labute approximate surface area is 106 Å². The molecule has 2 amide bonds. The van der Waals surface area contributed by atoms with Crippen LogP contribution in [0.5, 0.6) is 5.75 Å². The van der Waals surface area contributed by atoms with Crippen LogP contribution in [0.15, 0.2) is 24.3 Å². The minimum Gasteiger partial charge on any atom is -0.406 e. The number of alkyl halides is 3. The van der Waals surface area contributed by atoms with Crippen LogP contribution in [0.2, 0.25) is 0 Å². The van der Waals surface area contributed by atoms with E-state index in [1.54, 1.807) is 0 Å². The SMILES string of the molecule is NC(=O)C(Cc1ccc(OC(F)(F)F)cc1)C(N)=O. The predicted molar refractivity (Wildman–Crippen MR) is 58.7 cm³/mol. The molecule has 4 N–H and O–H groups in total. The molecule has 1 aromatic carbocycles. The number of hydrogen-bond donors (Lipinski definition) is 2. The summed E-state index contributed by atoms with van der Waals surface area (Å²) in [7, 11) is 0. The highest BCUT2D eigenvalue weighted by Crippen LogP contribution is 2.23.